The Hall–Kier alpha value is -0.800. The number of hydrogen-bond donors (Lipinski definition) is 2. The summed E-state index contributed by atoms with van der Waals surface area (Å²) in [6.07, 6.45) is 2.97. The molecule has 0 saturated heterocycles. The van der Waals surface area contributed by atoms with Crippen LogP contribution in [0.1, 0.15) is 24.9 Å². The fourth-order valence-electron chi connectivity index (χ4n) is 1.65. The summed E-state index contributed by atoms with van der Waals surface area (Å²) in [5, 5.41) is 1.22. The maximum Gasteiger partial charge on any atom is 0.0468 e. The Morgan fingerprint density at radius 1 is 1.50 bits per heavy atom. The molecule has 0 aliphatic rings. The van der Waals surface area contributed by atoms with Crippen molar-refractivity contribution in [3.8, 4) is 0 Å². The maximum atomic E-state index is 6.01. The first-order valence-electron chi connectivity index (χ1n) is 4.74. The second kappa shape index (κ2) is 3.75. The maximum absolute atomic E-state index is 6.01. The van der Waals surface area contributed by atoms with Gasteiger partial charge in [-0.05, 0) is 24.1 Å². The fraction of sp³-hybridized carbons (Fsp3) is 0.273. The third-order valence-corrected chi connectivity index (χ3v) is 3.01. The van der Waals surface area contributed by atoms with Crippen molar-refractivity contribution in [2.45, 2.75) is 19.4 Å². The number of fused-ring (bicyclic) bond motifs is 1. The number of nitrogens with one attached hydrogen (secondary N) is 1. The van der Waals surface area contributed by atoms with E-state index in [1.54, 1.807) is 0 Å². The van der Waals surface area contributed by atoms with E-state index in [1.807, 2.05) is 12.3 Å². The van der Waals surface area contributed by atoms with Crippen LogP contribution in [-0.2, 0) is 0 Å². The van der Waals surface area contributed by atoms with Gasteiger partial charge in [0.05, 0.1) is 0 Å². The van der Waals surface area contributed by atoms with E-state index in [2.05, 4.69) is 40.0 Å². The molecule has 2 aromatic rings. The minimum absolute atomic E-state index is 0.130. The molecule has 14 heavy (non-hydrogen) atoms. The average molecular weight is 253 g/mol. The standard InChI is InChI=1S/C11H13BrN2/c1-2-10(13)9-6-14-11-5-7(12)3-4-8(9)11/h3-6,10,14H,2,13H2,1H3/t10-/m0/s1. The smallest absolute Gasteiger partial charge is 0.0468 e. The largest absolute Gasteiger partial charge is 0.361 e. The highest BCUT2D eigenvalue weighted by Gasteiger charge is 2.09. The molecule has 0 radical (unpaired) electrons. The van der Waals surface area contributed by atoms with E-state index >= 15 is 0 Å². The molecule has 1 heterocycles. The highest BCUT2D eigenvalue weighted by molar-refractivity contribution is 9.10. The summed E-state index contributed by atoms with van der Waals surface area (Å²) in [5.41, 5.74) is 8.35. The van der Waals surface area contributed by atoms with Crippen LogP contribution in [0.3, 0.4) is 0 Å². The van der Waals surface area contributed by atoms with Crippen LogP contribution >= 0.6 is 15.9 Å². The van der Waals surface area contributed by atoms with Crippen LogP contribution in [0.25, 0.3) is 10.9 Å². The molecular formula is C11H13BrN2. The third kappa shape index (κ3) is 1.57. The Morgan fingerprint density at radius 3 is 3.00 bits per heavy atom. The number of nitrogens with two attached hydrogens (primary N) is 1. The van der Waals surface area contributed by atoms with E-state index in [4.69, 9.17) is 5.73 Å². The Morgan fingerprint density at radius 2 is 2.29 bits per heavy atom. The van der Waals surface area contributed by atoms with Crippen molar-refractivity contribution in [1.29, 1.82) is 0 Å². The Bertz CT molecular complexity index is 447. The van der Waals surface area contributed by atoms with Gasteiger partial charge >= 0.3 is 0 Å². The highest BCUT2D eigenvalue weighted by Crippen LogP contribution is 2.26. The summed E-state index contributed by atoms with van der Waals surface area (Å²) in [6, 6.07) is 6.34. The first-order chi connectivity index (χ1) is 6.72. The molecule has 0 aliphatic carbocycles. The van der Waals surface area contributed by atoms with Crippen LogP contribution in [0, 0.1) is 0 Å². The van der Waals surface area contributed by atoms with Crippen LogP contribution in [0.5, 0.6) is 0 Å². The fourth-order valence-corrected chi connectivity index (χ4v) is 2.01. The van der Waals surface area contributed by atoms with Crippen LogP contribution in [0.15, 0.2) is 28.9 Å². The van der Waals surface area contributed by atoms with Gasteiger partial charge in [-0.2, -0.15) is 0 Å². The second-order valence-corrected chi connectivity index (χ2v) is 4.36. The molecular weight excluding hydrogens is 240 g/mol. The van der Waals surface area contributed by atoms with Crippen LogP contribution in [0.4, 0.5) is 0 Å². The lowest BCUT2D eigenvalue weighted by Gasteiger charge is -2.06. The molecule has 3 N–H and O–H groups in total. The molecule has 0 spiro atoms. The Kier molecular flexibility index (Phi) is 2.61. The zero-order valence-electron chi connectivity index (χ0n) is 8.05. The monoisotopic (exact) mass is 252 g/mol. The predicted molar refractivity (Wildman–Crippen MR) is 63.2 cm³/mol. The number of H-pyrrole nitrogens is 1. The molecule has 74 valence electrons. The zero-order valence-corrected chi connectivity index (χ0v) is 9.64. The van der Waals surface area contributed by atoms with Gasteiger partial charge in [0.25, 0.3) is 0 Å². The van der Waals surface area contributed by atoms with E-state index in [-0.39, 0.29) is 6.04 Å². The summed E-state index contributed by atoms with van der Waals surface area (Å²) in [4.78, 5) is 3.23. The van der Waals surface area contributed by atoms with Crippen molar-refractivity contribution in [3.63, 3.8) is 0 Å². The van der Waals surface area contributed by atoms with E-state index in [1.165, 1.54) is 10.9 Å². The van der Waals surface area contributed by atoms with Crippen molar-refractivity contribution >= 4 is 26.8 Å². The van der Waals surface area contributed by atoms with Crippen molar-refractivity contribution < 1.29 is 0 Å². The van der Waals surface area contributed by atoms with E-state index in [0.717, 1.165) is 16.4 Å². The molecule has 0 aliphatic heterocycles. The first-order valence-corrected chi connectivity index (χ1v) is 5.53. The summed E-state index contributed by atoms with van der Waals surface area (Å²) >= 11 is 3.44. The lowest BCUT2D eigenvalue weighted by molar-refractivity contribution is 0.704. The number of aromatic nitrogens is 1. The van der Waals surface area contributed by atoms with Crippen molar-refractivity contribution in [2.75, 3.05) is 0 Å². The molecule has 2 rings (SSSR count). The van der Waals surface area contributed by atoms with Gasteiger partial charge in [-0.1, -0.05) is 28.9 Å². The Labute approximate surface area is 91.6 Å². The van der Waals surface area contributed by atoms with E-state index < -0.39 is 0 Å². The van der Waals surface area contributed by atoms with E-state index in [9.17, 15) is 0 Å². The van der Waals surface area contributed by atoms with Gasteiger partial charge < -0.3 is 10.7 Å². The van der Waals surface area contributed by atoms with Crippen LogP contribution in [0.2, 0.25) is 0 Å². The van der Waals surface area contributed by atoms with Crippen molar-refractivity contribution in [1.82, 2.24) is 4.98 Å². The zero-order chi connectivity index (χ0) is 10.1. The predicted octanol–water partition coefficient (Wildman–Crippen LogP) is 3.34. The molecule has 0 amide bonds. The second-order valence-electron chi connectivity index (χ2n) is 3.45. The van der Waals surface area contributed by atoms with Crippen LogP contribution < -0.4 is 5.73 Å². The summed E-state index contributed by atoms with van der Waals surface area (Å²) in [5.74, 6) is 0. The minimum atomic E-state index is 0.130. The topological polar surface area (TPSA) is 41.8 Å². The van der Waals surface area contributed by atoms with Crippen molar-refractivity contribution in [3.05, 3.63) is 34.4 Å². The molecule has 3 heteroatoms. The SMILES string of the molecule is CC[C@H](N)c1c[nH]c2cc(Br)ccc12. The van der Waals surface area contributed by atoms with Gasteiger partial charge in [0.15, 0.2) is 0 Å². The van der Waals surface area contributed by atoms with Crippen LogP contribution in [-0.4, -0.2) is 4.98 Å². The summed E-state index contributed by atoms with van der Waals surface area (Å²) in [7, 11) is 0. The number of benzene rings is 1. The molecule has 0 unspecified atom stereocenters. The highest BCUT2D eigenvalue weighted by atomic mass is 79.9. The molecule has 0 bridgehead atoms. The lowest BCUT2D eigenvalue weighted by atomic mass is 10.0. The van der Waals surface area contributed by atoms with E-state index in [0.29, 0.717) is 0 Å². The van der Waals surface area contributed by atoms with Gasteiger partial charge in [0.2, 0.25) is 0 Å². The number of hydrogen-bond acceptors (Lipinski definition) is 1. The minimum Gasteiger partial charge on any atom is -0.361 e. The third-order valence-electron chi connectivity index (χ3n) is 2.52. The summed E-state index contributed by atoms with van der Waals surface area (Å²) in [6.45, 7) is 2.10. The van der Waals surface area contributed by atoms with Gasteiger partial charge in [0, 0.05) is 27.6 Å². The number of halogens is 1. The summed E-state index contributed by atoms with van der Waals surface area (Å²) < 4.78 is 1.09. The molecule has 1 aromatic heterocycles. The normalized spacial score (nSPS) is 13.4. The van der Waals surface area contributed by atoms with Gasteiger partial charge in [-0.3, -0.25) is 0 Å². The van der Waals surface area contributed by atoms with Gasteiger partial charge in [0.1, 0.15) is 0 Å². The molecule has 0 saturated carbocycles. The van der Waals surface area contributed by atoms with Crippen molar-refractivity contribution in [2.24, 2.45) is 5.73 Å². The first kappa shape index (κ1) is 9.74. The number of rotatable bonds is 2. The molecule has 0 fully saturated rings. The molecule has 1 aromatic carbocycles. The molecule has 1 atom stereocenters. The quantitative estimate of drug-likeness (QED) is 0.846. The lowest BCUT2D eigenvalue weighted by Crippen LogP contribution is -2.07. The number of aromatic amines is 1. The van der Waals surface area contributed by atoms with Gasteiger partial charge in [-0.25, -0.2) is 0 Å². The molecule has 2 nitrogen and oxygen atoms in total. The Balaban J connectivity index is 2.58. The van der Waals surface area contributed by atoms with Gasteiger partial charge in [-0.15, -0.1) is 0 Å². The average Bonchev–Trinajstić information content (AvgIpc) is 2.59.